The molecule has 1 atom stereocenters. The van der Waals surface area contributed by atoms with Crippen molar-refractivity contribution in [1.82, 2.24) is 5.32 Å². The predicted octanol–water partition coefficient (Wildman–Crippen LogP) is 2.47. The molecule has 22 heavy (non-hydrogen) atoms. The lowest BCUT2D eigenvalue weighted by Crippen LogP contribution is -2.38. The molecule has 2 rings (SSSR count). The minimum Gasteiger partial charge on any atom is -0.496 e. The highest BCUT2D eigenvalue weighted by Gasteiger charge is 2.24. The van der Waals surface area contributed by atoms with Gasteiger partial charge in [0.05, 0.1) is 19.2 Å². The van der Waals surface area contributed by atoms with Gasteiger partial charge < -0.3 is 15.2 Å². The van der Waals surface area contributed by atoms with Crippen LogP contribution in [0.4, 0.5) is 4.39 Å². The molecule has 0 radical (unpaired) electrons. The zero-order valence-electron chi connectivity index (χ0n) is 12.5. The van der Waals surface area contributed by atoms with Gasteiger partial charge in [0.15, 0.2) is 0 Å². The highest BCUT2D eigenvalue weighted by atomic mass is 19.1. The first-order valence-corrected chi connectivity index (χ1v) is 6.83. The van der Waals surface area contributed by atoms with Gasteiger partial charge in [-0.2, -0.15) is 0 Å². The summed E-state index contributed by atoms with van der Waals surface area (Å²) in [4.78, 5) is 12.2. The van der Waals surface area contributed by atoms with E-state index in [9.17, 15) is 14.3 Å². The Morgan fingerprint density at radius 1 is 1.27 bits per heavy atom. The van der Waals surface area contributed by atoms with Crippen LogP contribution in [0.15, 0.2) is 48.5 Å². The number of rotatable bonds is 5. The number of benzene rings is 2. The van der Waals surface area contributed by atoms with Crippen molar-refractivity contribution in [2.75, 3.05) is 13.7 Å². The van der Waals surface area contributed by atoms with Crippen molar-refractivity contribution in [2.45, 2.75) is 12.5 Å². The van der Waals surface area contributed by atoms with Crippen molar-refractivity contribution in [1.29, 1.82) is 0 Å². The van der Waals surface area contributed by atoms with E-state index >= 15 is 0 Å². The molecule has 0 aromatic heterocycles. The summed E-state index contributed by atoms with van der Waals surface area (Å²) in [6.45, 7) is 1.60. The smallest absolute Gasteiger partial charge is 0.255 e. The van der Waals surface area contributed by atoms with E-state index in [4.69, 9.17) is 4.74 Å². The molecule has 2 aromatic carbocycles. The summed E-state index contributed by atoms with van der Waals surface area (Å²) in [6, 6.07) is 12.7. The van der Waals surface area contributed by atoms with Crippen LogP contribution in [0.2, 0.25) is 0 Å². The summed E-state index contributed by atoms with van der Waals surface area (Å²) in [7, 11) is 1.41. The number of ether oxygens (including phenoxy) is 1. The Morgan fingerprint density at radius 2 is 1.95 bits per heavy atom. The van der Waals surface area contributed by atoms with Gasteiger partial charge in [-0.05, 0) is 30.7 Å². The third kappa shape index (κ3) is 3.62. The summed E-state index contributed by atoms with van der Waals surface area (Å²) >= 11 is 0. The molecule has 4 nitrogen and oxygen atoms in total. The van der Waals surface area contributed by atoms with E-state index in [0.717, 1.165) is 6.07 Å². The van der Waals surface area contributed by atoms with Crippen LogP contribution in [-0.2, 0) is 5.60 Å². The Balaban J connectivity index is 2.12. The van der Waals surface area contributed by atoms with Crippen molar-refractivity contribution < 1.29 is 19.0 Å². The number of aliphatic hydroxyl groups is 1. The second-order valence-electron chi connectivity index (χ2n) is 5.17. The number of methoxy groups -OCH3 is 1. The molecule has 1 unspecified atom stereocenters. The average Bonchev–Trinajstić information content (AvgIpc) is 2.53. The van der Waals surface area contributed by atoms with Crippen molar-refractivity contribution in [3.05, 3.63) is 65.5 Å². The molecule has 5 heteroatoms. The van der Waals surface area contributed by atoms with Gasteiger partial charge >= 0.3 is 0 Å². The lowest BCUT2D eigenvalue weighted by molar-refractivity contribution is 0.0525. The SMILES string of the molecule is COc1ccc(F)cc1C(=O)NCC(C)(O)c1ccccc1. The van der Waals surface area contributed by atoms with E-state index in [1.807, 2.05) is 6.07 Å². The number of carbonyl (C=O) groups excluding carboxylic acids is 1. The Bertz CT molecular complexity index is 656. The fraction of sp³-hybridized carbons (Fsp3) is 0.235. The zero-order chi connectivity index (χ0) is 16.2. The summed E-state index contributed by atoms with van der Waals surface area (Å²) < 4.78 is 18.3. The van der Waals surface area contributed by atoms with Crippen LogP contribution < -0.4 is 10.1 Å². The molecule has 2 aromatic rings. The van der Waals surface area contributed by atoms with Crippen molar-refractivity contribution in [3.8, 4) is 5.75 Å². The number of amides is 1. The molecular weight excluding hydrogens is 285 g/mol. The van der Waals surface area contributed by atoms with Crippen LogP contribution in [0, 0.1) is 5.82 Å². The lowest BCUT2D eigenvalue weighted by Gasteiger charge is -2.24. The molecule has 1 amide bonds. The van der Waals surface area contributed by atoms with Gasteiger partial charge in [0, 0.05) is 0 Å². The second-order valence-corrected chi connectivity index (χ2v) is 5.17. The van der Waals surface area contributed by atoms with Crippen molar-refractivity contribution >= 4 is 5.91 Å². The molecule has 0 heterocycles. The van der Waals surface area contributed by atoms with Gasteiger partial charge in [-0.1, -0.05) is 30.3 Å². The number of halogens is 1. The summed E-state index contributed by atoms with van der Waals surface area (Å²) in [6.07, 6.45) is 0. The fourth-order valence-corrected chi connectivity index (χ4v) is 2.10. The predicted molar refractivity (Wildman–Crippen MR) is 81.3 cm³/mol. The van der Waals surface area contributed by atoms with Crippen LogP contribution in [0.3, 0.4) is 0 Å². The monoisotopic (exact) mass is 303 g/mol. The van der Waals surface area contributed by atoms with E-state index < -0.39 is 17.3 Å². The maximum absolute atomic E-state index is 13.3. The maximum atomic E-state index is 13.3. The van der Waals surface area contributed by atoms with Gasteiger partial charge in [0.25, 0.3) is 5.91 Å². The highest BCUT2D eigenvalue weighted by Crippen LogP contribution is 2.21. The van der Waals surface area contributed by atoms with Crippen molar-refractivity contribution in [3.63, 3.8) is 0 Å². The molecule has 0 aliphatic heterocycles. The molecule has 0 bridgehead atoms. The highest BCUT2D eigenvalue weighted by molar-refractivity contribution is 5.97. The molecule has 2 N–H and O–H groups in total. The molecule has 116 valence electrons. The summed E-state index contributed by atoms with van der Waals surface area (Å²) in [5.41, 5.74) is -0.454. The molecule has 0 aliphatic carbocycles. The first-order valence-electron chi connectivity index (χ1n) is 6.83. The first kappa shape index (κ1) is 16.0. The Kier molecular flexibility index (Phi) is 4.78. The Morgan fingerprint density at radius 3 is 2.59 bits per heavy atom. The first-order chi connectivity index (χ1) is 10.4. The van der Waals surface area contributed by atoms with E-state index in [-0.39, 0.29) is 17.9 Å². The maximum Gasteiger partial charge on any atom is 0.255 e. The number of carbonyl (C=O) groups is 1. The molecular formula is C17H18FNO3. The van der Waals surface area contributed by atoms with Gasteiger partial charge in [0.2, 0.25) is 0 Å². The normalized spacial score (nSPS) is 13.3. The third-order valence-corrected chi connectivity index (χ3v) is 3.40. The molecule has 0 spiro atoms. The standard InChI is InChI=1S/C17H18FNO3/c1-17(21,12-6-4-3-5-7-12)11-19-16(20)14-10-13(18)8-9-15(14)22-2/h3-10,21H,11H2,1-2H3,(H,19,20). The Labute approximate surface area is 128 Å². The van der Waals surface area contributed by atoms with Crippen LogP contribution in [0.1, 0.15) is 22.8 Å². The number of nitrogens with one attached hydrogen (secondary N) is 1. The second kappa shape index (κ2) is 6.58. The topological polar surface area (TPSA) is 58.6 Å². The van der Waals surface area contributed by atoms with E-state index in [0.29, 0.717) is 5.56 Å². The third-order valence-electron chi connectivity index (χ3n) is 3.40. The van der Waals surface area contributed by atoms with E-state index in [2.05, 4.69) is 5.32 Å². The van der Waals surface area contributed by atoms with Crippen LogP contribution in [0.5, 0.6) is 5.75 Å². The summed E-state index contributed by atoms with van der Waals surface area (Å²) in [5.74, 6) is -0.758. The largest absolute Gasteiger partial charge is 0.496 e. The van der Waals surface area contributed by atoms with E-state index in [1.54, 1.807) is 31.2 Å². The molecule has 0 fully saturated rings. The zero-order valence-corrected chi connectivity index (χ0v) is 12.5. The number of hydrogen-bond acceptors (Lipinski definition) is 3. The minimum atomic E-state index is -1.22. The van der Waals surface area contributed by atoms with Gasteiger partial charge in [-0.3, -0.25) is 4.79 Å². The lowest BCUT2D eigenvalue weighted by atomic mass is 9.96. The molecule has 0 aliphatic rings. The molecule has 0 saturated heterocycles. The summed E-state index contributed by atoms with van der Waals surface area (Å²) in [5, 5.41) is 13.0. The van der Waals surface area contributed by atoms with E-state index in [1.165, 1.54) is 19.2 Å². The van der Waals surface area contributed by atoms with Crippen LogP contribution in [0.25, 0.3) is 0 Å². The van der Waals surface area contributed by atoms with Gasteiger partial charge in [-0.25, -0.2) is 4.39 Å². The van der Waals surface area contributed by atoms with Gasteiger partial charge in [-0.15, -0.1) is 0 Å². The van der Waals surface area contributed by atoms with Crippen LogP contribution >= 0.6 is 0 Å². The fourth-order valence-electron chi connectivity index (χ4n) is 2.10. The van der Waals surface area contributed by atoms with Crippen LogP contribution in [-0.4, -0.2) is 24.7 Å². The Hall–Kier alpha value is -2.40. The number of hydrogen-bond donors (Lipinski definition) is 2. The minimum absolute atomic E-state index is 0.00445. The quantitative estimate of drug-likeness (QED) is 0.892. The van der Waals surface area contributed by atoms with Gasteiger partial charge in [0.1, 0.15) is 17.2 Å². The van der Waals surface area contributed by atoms with Crippen molar-refractivity contribution in [2.24, 2.45) is 0 Å². The average molecular weight is 303 g/mol. The molecule has 0 saturated carbocycles.